The molecule has 1 aliphatic carbocycles. The molecule has 2 N–H and O–H groups in total. The van der Waals surface area contributed by atoms with Gasteiger partial charge in [0.25, 0.3) is 0 Å². The Balaban J connectivity index is 0.00000338. The molecule has 1 aromatic heterocycles. The summed E-state index contributed by atoms with van der Waals surface area (Å²) in [4.78, 5) is 22.5. The van der Waals surface area contributed by atoms with Crippen LogP contribution in [0.15, 0.2) is 29.4 Å². The number of halogens is 1. The van der Waals surface area contributed by atoms with Crippen LogP contribution >= 0.6 is 24.0 Å². The number of nitrogens with zero attached hydrogens (tertiary/aromatic N) is 3. The molecule has 2 rings (SSSR count). The molecule has 0 unspecified atom stereocenters. The zero-order valence-corrected chi connectivity index (χ0v) is 18.4. The van der Waals surface area contributed by atoms with Crippen LogP contribution in [0.25, 0.3) is 0 Å². The minimum absolute atomic E-state index is 0. The number of aromatic nitrogens is 1. The second-order valence-corrected chi connectivity index (χ2v) is 6.91. The Bertz CT molecular complexity index is 558. The molecule has 0 spiro atoms. The molecule has 26 heavy (non-hydrogen) atoms. The van der Waals surface area contributed by atoms with E-state index in [4.69, 9.17) is 0 Å². The molecule has 0 aromatic carbocycles. The van der Waals surface area contributed by atoms with Crippen molar-refractivity contribution in [2.45, 2.75) is 45.1 Å². The maximum Gasteiger partial charge on any atom is 0.241 e. The normalized spacial score (nSPS) is 20.0. The molecule has 0 saturated heterocycles. The van der Waals surface area contributed by atoms with Crippen molar-refractivity contribution in [1.29, 1.82) is 0 Å². The lowest BCUT2D eigenvalue weighted by Gasteiger charge is -2.28. The van der Waals surface area contributed by atoms with Gasteiger partial charge in [-0.25, -0.2) is 0 Å². The molecule has 0 aliphatic heterocycles. The first-order chi connectivity index (χ1) is 12.1. The van der Waals surface area contributed by atoms with Crippen molar-refractivity contribution in [2.75, 3.05) is 27.2 Å². The lowest BCUT2D eigenvalue weighted by atomic mass is 9.87. The average molecular weight is 473 g/mol. The predicted molar refractivity (Wildman–Crippen MR) is 117 cm³/mol. The fourth-order valence-electron chi connectivity index (χ4n) is 3.04. The average Bonchev–Trinajstić information content (AvgIpc) is 2.65. The number of hydrogen-bond acceptors (Lipinski definition) is 3. The molecule has 146 valence electrons. The van der Waals surface area contributed by atoms with Gasteiger partial charge in [0.2, 0.25) is 5.91 Å². The smallest absolute Gasteiger partial charge is 0.241 e. The second kappa shape index (κ2) is 12.1. The molecule has 7 heteroatoms. The van der Waals surface area contributed by atoms with Crippen LogP contribution in [0.2, 0.25) is 0 Å². The number of amides is 1. The Labute approximate surface area is 174 Å². The maximum atomic E-state index is 12.3. The third-order valence-corrected chi connectivity index (χ3v) is 4.84. The highest BCUT2D eigenvalue weighted by Crippen LogP contribution is 2.23. The van der Waals surface area contributed by atoms with Crippen molar-refractivity contribution in [3.05, 3.63) is 30.1 Å². The lowest BCUT2D eigenvalue weighted by molar-refractivity contribution is -0.128. The van der Waals surface area contributed by atoms with E-state index >= 15 is 0 Å². The highest BCUT2D eigenvalue weighted by Gasteiger charge is 2.19. The monoisotopic (exact) mass is 473 g/mol. The summed E-state index contributed by atoms with van der Waals surface area (Å²) in [7, 11) is 3.57. The molecule has 1 fully saturated rings. The standard InChI is InChI=1S/C19H31N5O.HI/c1-15-7-9-17(10-8-15)23-19(20-2)22-14-18(25)24(3)13-11-16-6-4-5-12-21-16;/h4-6,12,15,17H,7-11,13-14H2,1-3H3,(H2,20,22,23);1H. The predicted octanol–water partition coefficient (Wildman–Crippen LogP) is 2.44. The molecular weight excluding hydrogens is 441 g/mol. The van der Waals surface area contributed by atoms with Gasteiger partial charge in [-0.2, -0.15) is 0 Å². The van der Waals surface area contributed by atoms with Crippen LogP contribution in [-0.2, 0) is 11.2 Å². The molecular formula is C19H32IN5O. The van der Waals surface area contributed by atoms with Gasteiger partial charge in [-0.1, -0.05) is 13.0 Å². The number of rotatable bonds is 6. The summed E-state index contributed by atoms with van der Waals surface area (Å²) in [5.41, 5.74) is 0.999. The Morgan fingerprint density at radius 3 is 2.65 bits per heavy atom. The molecule has 6 nitrogen and oxygen atoms in total. The first-order valence-corrected chi connectivity index (χ1v) is 9.19. The van der Waals surface area contributed by atoms with Crippen LogP contribution in [0.1, 0.15) is 38.3 Å². The Kier molecular flexibility index (Phi) is 10.5. The van der Waals surface area contributed by atoms with Gasteiger partial charge in [0.05, 0.1) is 6.54 Å². The lowest BCUT2D eigenvalue weighted by Crippen LogP contribution is -2.48. The SMILES string of the molecule is CN=C(NCC(=O)N(C)CCc1ccccn1)NC1CCC(C)CC1.I. The molecule has 0 radical (unpaired) electrons. The molecule has 1 heterocycles. The summed E-state index contributed by atoms with van der Waals surface area (Å²) in [6.45, 7) is 3.22. The van der Waals surface area contributed by atoms with Gasteiger partial charge in [-0.3, -0.25) is 14.8 Å². The van der Waals surface area contributed by atoms with E-state index in [1.54, 1.807) is 18.1 Å². The number of aliphatic imine (C=N–C) groups is 1. The number of nitrogens with one attached hydrogen (secondary N) is 2. The summed E-state index contributed by atoms with van der Waals surface area (Å²) < 4.78 is 0. The highest BCUT2D eigenvalue weighted by atomic mass is 127. The zero-order valence-electron chi connectivity index (χ0n) is 16.1. The second-order valence-electron chi connectivity index (χ2n) is 6.91. The van der Waals surface area contributed by atoms with E-state index in [2.05, 4.69) is 27.5 Å². The number of pyridine rings is 1. The van der Waals surface area contributed by atoms with E-state index in [-0.39, 0.29) is 36.4 Å². The topological polar surface area (TPSA) is 69.6 Å². The molecule has 1 aliphatic rings. The molecule has 0 atom stereocenters. The van der Waals surface area contributed by atoms with Crippen LogP contribution in [0.5, 0.6) is 0 Å². The minimum Gasteiger partial charge on any atom is -0.354 e. The van der Waals surface area contributed by atoms with E-state index in [1.807, 2.05) is 25.2 Å². The third-order valence-electron chi connectivity index (χ3n) is 4.84. The van der Waals surface area contributed by atoms with Crippen LogP contribution in [0.4, 0.5) is 0 Å². The number of guanidine groups is 1. The van der Waals surface area contributed by atoms with Crippen LogP contribution in [0.3, 0.4) is 0 Å². The van der Waals surface area contributed by atoms with Crippen molar-refractivity contribution in [2.24, 2.45) is 10.9 Å². The van der Waals surface area contributed by atoms with Gasteiger partial charge in [0.1, 0.15) is 0 Å². The molecule has 1 aromatic rings. The van der Waals surface area contributed by atoms with Crippen molar-refractivity contribution < 1.29 is 4.79 Å². The first-order valence-electron chi connectivity index (χ1n) is 9.19. The molecule has 0 bridgehead atoms. The highest BCUT2D eigenvalue weighted by molar-refractivity contribution is 14.0. The molecule has 1 amide bonds. The number of carbonyl (C=O) groups excluding carboxylic acids is 1. The summed E-state index contributed by atoms with van der Waals surface area (Å²) in [5, 5.41) is 6.58. The zero-order chi connectivity index (χ0) is 18.1. The summed E-state index contributed by atoms with van der Waals surface area (Å²) in [6, 6.07) is 6.30. The quantitative estimate of drug-likeness (QED) is 0.379. The van der Waals surface area contributed by atoms with Crippen LogP contribution < -0.4 is 10.6 Å². The third kappa shape index (κ3) is 7.88. The molecule has 1 saturated carbocycles. The van der Waals surface area contributed by atoms with Gasteiger partial charge < -0.3 is 15.5 Å². The fourth-order valence-corrected chi connectivity index (χ4v) is 3.04. The van der Waals surface area contributed by atoms with E-state index < -0.39 is 0 Å². The van der Waals surface area contributed by atoms with E-state index in [1.165, 1.54) is 25.7 Å². The van der Waals surface area contributed by atoms with Crippen LogP contribution in [-0.4, -0.2) is 55.0 Å². The van der Waals surface area contributed by atoms with E-state index in [9.17, 15) is 4.79 Å². The fraction of sp³-hybridized carbons (Fsp3) is 0.632. The van der Waals surface area contributed by atoms with Crippen molar-refractivity contribution >= 4 is 35.8 Å². The summed E-state index contributed by atoms with van der Waals surface area (Å²) in [6.07, 6.45) is 7.38. The van der Waals surface area contributed by atoms with Gasteiger partial charge in [0, 0.05) is 45.0 Å². The largest absolute Gasteiger partial charge is 0.354 e. The summed E-state index contributed by atoms with van der Waals surface area (Å²) >= 11 is 0. The Hall–Kier alpha value is -1.38. The maximum absolute atomic E-state index is 12.3. The first kappa shape index (κ1) is 22.7. The van der Waals surface area contributed by atoms with Crippen molar-refractivity contribution in [3.63, 3.8) is 0 Å². The Morgan fingerprint density at radius 2 is 2.04 bits per heavy atom. The van der Waals surface area contributed by atoms with Gasteiger partial charge in [-0.05, 0) is 43.7 Å². The Morgan fingerprint density at radius 1 is 1.31 bits per heavy atom. The summed E-state index contributed by atoms with van der Waals surface area (Å²) in [5.74, 6) is 1.59. The van der Waals surface area contributed by atoms with Gasteiger partial charge >= 0.3 is 0 Å². The van der Waals surface area contributed by atoms with Crippen molar-refractivity contribution in [1.82, 2.24) is 20.5 Å². The van der Waals surface area contributed by atoms with E-state index in [0.29, 0.717) is 18.5 Å². The number of hydrogen-bond donors (Lipinski definition) is 2. The van der Waals surface area contributed by atoms with Gasteiger partial charge in [-0.15, -0.1) is 24.0 Å². The van der Waals surface area contributed by atoms with Crippen LogP contribution in [0, 0.1) is 5.92 Å². The van der Waals surface area contributed by atoms with Crippen molar-refractivity contribution in [3.8, 4) is 0 Å². The number of likely N-dealkylation sites (N-methyl/N-ethyl adjacent to an activating group) is 1. The minimum atomic E-state index is 0. The number of carbonyl (C=O) groups is 1. The van der Waals surface area contributed by atoms with Gasteiger partial charge in [0.15, 0.2) is 5.96 Å². The van der Waals surface area contributed by atoms with E-state index in [0.717, 1.165) is 18.0 Å².